The maximum atomic E-state index is 4.16. The van der Waals surface area contributed by atoms with Crippen LogP contribution in [-0.4, -0.2) is 26.1 Å². The van der Waals surface area contributed by atoms with Crippen LogP contribution < -0.4 is 10.6 Å². The molecule has 0 aromatic rings. The van der Waals surface area contributed by atoms with E-state index in [1.54, 1.807) is 7.05 Å². The minimum Gasteiger partial charge on any atom is -0.356 e. The molecule has 1 fully saturated rings. The van der Waals surface area contributed by atoms with Crippen molar-refractivity contribution in [3.05, 3.63) is 12.7 Å². The van der Waals surface area contributed by atoms with Crippen molar-refractivity contribution in [3.63, 3.8) is 0 Å². The zero-order valence-electron chi connectivity index (χ0n) is 11.6. The van der Waals surface area contributed by atoms with E-state index in [-0.39, 0.29) is 24.0 Å². The summed E-state index contributed by atoms with van der Waals surface area (Å²) in [4.78, 5) is 4.16. The summed E-state index contributed by atoms with van der Waals surface area (Å²) in [6, 6.07) is 0. The Labute approximate surface area is 129 Å². The van der Waals surface area contributed by atoms with Gasteiger partial charge in [-0.05, 0) is 18.8 Å². The standard InChI is InChI=1S/C14H27N3.HI/c1-3-11-16-14(15-2)17-12-7-10-13-8-5-4-6-9-13;/h3,13H,1,4-12H2,2H3,(H2,15,16,17);1H. The highest BCUT2D eigenvalue weighted by Crippen LogP contribution is 2.26. The lowest BCUT2D eigenvalue weighted by Crippen LogP contribution is -2.37. The maximum absolute atomic E-state index is 4.16. The van der Waals surface area contributed by atoms with Crippen molar-refractivity contribution in [3.8, 4) is 0 Å². The monoisotopic (exact) mass is 365 g/mol. The highest BCUT2D eigenvalue weighted by molar-refractivity contribution is 14.0. The molecule has 3 nitrogen and oxygen atoms in total. The number of nitrogens with zero attached hydrogens (tertiary/aromatic N) is 1. The van der Waals surface area contributed by atoms with Gasteiger partial charge in [0.15, 0.2) is 5.96 Å². The molecule has 0 heterocycles. The van der Waals surface area contributed by atoms with Crippen LogP contribution >= 0.6 is 24.0 Å². The molecule has 0 bridgehead atoms. The first kappa shape index (κ1) is 17.7. The number of hydrogen-bond acceptors (Lipinski definition) is 1. The molecule has 2 N–H and O–H groups in total. The van der Waals surface area contributed by atoms with Gasteiger partial charge in [-0.2, -0.15) is 0 Å². The van der Waals surface area contributed by atoms with Gasteiger partial charge in [-0.3, -0.25) is 4.99 Å². The van der Waals surface area contributed by atoms with Crippen molar-refractivity contribution in [1.29, 1.82) is 0 Å². The van der Waals surface area contributed by atoms with Gasteiger partial charge in [0, 0.05) is 20.1 Å². The van der Waals surface area contributed by atoms with Gasteiger partial charge < -0.3 is 10.6 Å². The van der Waals surface area contributed by atoms with Crippen molar-refractivity contribution in [2.24, 2.45) is 10.9 Å². The molecule has 4 heteroatoms. The molecular weight excluding hydrogens is 337 g/mol. The van der Waals surface area contributed by atoms with Crippen LogP contribution in [-0.2, 0) is 0 Å². The van der Waals surface area contributed by atoms with Gasteiger partial charge in [-0.1, -0.05) is 38.2 Å². The summed E-state index contributed by atoms with van der Waals surface area (Å²) in [7, 11) is 1.81. The summed E-state index contributed by atoms with van der Waals surface area (Å²) in [5.41, 5.74) is 0. The summed E-state index contributed by atoms with van der Waals surface area (Å²) in [6.45, 7) is 5.47. The van der Waals surface area contributed by atoms with E-state index in [4.69, 9.17) is 0 Å². The van der Waals surface area contributed by atoms with Crippen molar-refractivity contribution >= 4 is 29.9 Å². The summed E-state index contributed by atoms with van der Waals surface area (Å²) >= 11 is 0. The van der Waals surface area contributed by atoms with Crippen LogP contribution in [0, 0.1) is 5.92 Å². The zero-order chi connectivity index (χ0) is 12.3. The molecule has 1 saturated carbocycles. The molecule has 106 valence electrons. The first-order valence-electron chi connectivity index (χ1n) is 6.92. The molecule has 0 spiro atoms. The van der Waals surface area contributed by atoms with Gasteiger partial charge in [0.05, 0.1) is 0 Å². The Kier molecular flexibility index (Phi) is 11.6. The number of hydrogen-bond donors (Lipinski definition) is 2. The van der Waals surface area contributed by atoms with Crippen LogP contribution in [0.2, 0.25) is 0 Å². The number of rotatable bonds is 6. The molecule has 0 saturated heterocycles. The van der Waals surface area contributed by atoms with E-state index in [2.05, 4.69) is 22.2 Å². The second-order valence-corrected chi connectivity index (χ2v) is 4.81. The highest BCUT2D eigenvalue weighted by Gasteiger charge is 2.12. The summed E-state index contributed by atoms with van der Waals surface area (Å²) in [5, 5.41) is 6.51. The molecular formula is C14H28IN3. The molecule has 0 unspecified atom stereocenters. The second-order valence-electron chi connectivity index (χ2n) is 4.81. The van der Waals surface area contributed by atoms with E-state index in [0.717, 1.165) is 25.0 Å². The number of halogens is 1. The number of guanidine groups is 1. The van der Waals surface area contributed by atoms with Crippen molar-refractivity contribution < 1.29 is 0 Å². The van der Waals surface area contributed by atoms with Crippen LogP contribution in [0.3, 0.4) is 0 Å². The molecule has 18 heavy (non-hydrogen) atoms. The Hall–Kier alpha value is -0.260. The van der Waals surface area contributed by atoms with Gasteiger partial charge in [-0.25, -0.2) is 0 Å². The first-order valence-corrected chi connectivity index (χ1v) is 6.92. The first-order chi connectivity index (χ1) is 8.36. The minimum atomic E-state index is 0. The number of nitrogens with one attached hydrogen (secondary N) is 2. The highest BCUT2D eigenvalue weighted by atomic mass is 127. The lowest BCUT2D eigenvalue weighted by atomic mass is 9.86. The van der Waals surface area contributed by atoms with Gasteiger partial charge in [-0.15, -0.1) is 30.6 Å². The fourth-order valence-electron chi connectivity index (χ4n) is 2.46. The van der Waals surface area contributed by atoms with E-state index in [0.29, 0.717) is 0 Å². The lowest BCUT2D eigenvalue weighted by Gasteiger charge is -2.21. The fraction of sp³-hybridized carbons (Fsp3) is 0.786. The lowest BCUT2D eigenvalue weighted by molar-refractivity contribution is 0.332. The maximum Gasteiger partial charge on any atom is 0.191 e. The third kappa shape index (κ3) is 7.95. The van der Waals surface area contributed by atoms with Gasteiger partial charge >= 0.3 is 0 Å². The van der Waals surface area contributed by atoms with E-state index in [1.807, 2.05) is 6.08 Å². The average molecular weight is 365 g/mol. The molecule has 0 radical (unpaired) electrons. The van der Waals surface area contributed by atoms with Gasteiger partial charge in [0.2, 0.25) is 0 Å². The quantitative estimate of drug-likeness (QED) is 0.249. The Bertz CT molecular complexity index is 235. The predicted octanol–water partition coefficient (Wildman–Crippen LogP) is 3.32. The summed E-state index contributed by atoms with van der Waals surface area (Å²) in [5.74, 6) is 1.86. The molecule has 0 aromatic carbocycles. The minimum absolute atomic E-state index is 0. The van der Waals surface area contributed by atoms with E-state index in [9.17, 15) is 0 Å². The normalized spacial score (nSPS) is 16.8. The smallest absolute Gasteiger partial charge is 0.191 e. The third-order valence-corrected chi connectivity index (χ3v) is 3.44. The van der Waals surface area contributed by atoms with Crippen LogP contribution in [0.1, 0.15) is 44.9 Å². The third-order valence-electron chi connectivity index (χ3n) is 3.44. The largest absolute Gasteiger partial charge is 0.356 e. The van der Waals surface area contributed by atoms with Crippen LogP contribution in [0.25, 0.3) is 0 Å². The van der Waals surface area contributed by atoms with E-state index >= 15 is 0 Å². The predicted molar refractivity (Wildman–Crippen MR) is 90.8 cm³/mol. The molecule has 0 aromatic heterocycles. The zero-order valence-corrected chi connectivity index (χ0v) is 13.9. The van der Waals surface area contributed by atoms with Gasteiger partial charge in [0.25, 0.3) is 0 Å². The van der Waals surface area contributed by atoms with Crippen LogP contribution in [0.5, 0.6) is 0 Å². The summed E-state index contributed by atoms with van der Waals surface area (Å²) in [6.07, 6.45) is 11.7. The molecule has 1 aliphatic rings. The van der Waals surface area contributed by atoms with E-state index < -0.39 is 0 Å². The van der Waals surface area contributed by atoms with Crippen molar-refractivity contribution in [1.82, 2.24) is 10.6 Å². The Morgan fingerprint density at radius 3 is 2.61 bits per heavy atom. The Morgan fingerprint density at radius 1 is 1.28 bits per heavy atom. The van der Waals surface area contributed by atoms with Crippen LogP contribution in [0.4, 0.5) is 0 Å². The fourth-order valence-corrected chi connectivity index (χ4v) is 2.46. The molecule has 1 aliphatic carbocycles. The van der Waals surface area contributed by atoms with Crippen molar-refractivity contribution in [2.45, 2.75) is 44.9 Å². The average Bonchev–Trinajstić information content (AvgIpc) is 2.39. The molecule has 0 amide bonds. The molecule has 0 atom stereocenters. The molecule has 0 aliphatic heterocycles. The topological polar surface area (TPSA) is 36.4 Å². The summed E-state index contributed by atoms with van der Waals surface area (Å²) < 4.78 is 0. The molecule has 1 rings (SSSR count). The second kappa shape index (κ2) is 11.8. The number of aliphatic imine (C=N–C) groups is 1. The van der Waals surface area contributed by atoms with E-state index in [1.165, 1.54) is 44.9 Å². The SMILES string of the molecule is C=CCNC(=NC)NCCCC1CCCCC1.I. The Morgan fingerprint density at radius 2 is 2.00 bits per heavy atom. The Balaban J connectivity index is 0.00000289. The van der Waals surface area contributed by atoms with Crippen LogP contribution in [0.15, 0.2) is 17.6 Å². The van der Waals surface area contributed by atoms with Crippen molar-refractivity contribution in [2.75, 3.05) is 20.1 Å². The van der Waals surface area contributed by atoms with Gasteiger partial charge in [0.1, 0.15) is 0 Å².